The number of pyridine rings is 1. The Morgan fingerprint density at radius 2 is 2.15 bits per heavy atom. The minimum Gasteiger partial charge on any atom is -0.481 e. The third kappa shape index (κ3) is 3.29. The Kier molecular flexibility index (Phi) is 2.72. The SMILES string of the molecule is COc1cccc(NS(C)(=O)=O)n1. The highest BCUT2D eigenvalue weighted by atomic mass is 32.2. The summed E-state index contributed by atoms with van der Waals surface area (Å²) in [6.07, 6.45) is 1.06. The molecule has 0 aliphatic rings. The molecule has 0 bridgehead atoms. The van der Waals surface area contributed by atoms with Crippen molar-refractivity contribution in [2.45, 2.75) is 0 Å². The van der Waals surface area contributed by atoms with E-state index in [0.29, 0.717) is 5.88 Å². The first kappa shape index (κ1) is 9.79. The van der Waals surface area contributed by atoms with Crippen LogP contribution < -0.4 is 9.46 Å². The van der Waals surface area contributed by atoms with E-state index in [4.69, 9.17) is 4.74 Å². The lowest BCUT2D eigenvalue weighted by atomic mass is 10.5. The summed E-state index contributed by atoms with van der Waals surface area (Å²) < 4.78 is 28.7. The molecule has 0 radical (unpaired) electrons. The van der Waals surface area contributed by atoms with Gasteiger partial charge >= 0.3 is 0 Å². The fourth-order valence-corrected chi connectivity index (χ4v) is 1.27. The molecule has 0 unspecified atom stereocenters. The standard InChI is InChI=1S/C7H10N2O3S/c1-12-7-5-3-4-6(8-7)9-13(2,10)11/h3-5H,1-2H3,(H,8,9). The second kappa shape index (κ2) is 3.61. The average Bonchev–Trinajstić information content (AvgIpc) is 2.01. The van der Waals surface area contributed by atoms with Crippen molar-refractivity contribution in [3.63, 3.8) is 0 Å². The number of rotatable bonds is 3. The molecule has 1 aromatic rings. The number of methoxy groups -OCH3 is 1. The number of hydrogen-bond donors (Lipinski definition) is 1. The third-order valence-corrected chi connectivity index (χ3v) is 1.80. The van der Waals surface area contributed by atoms with Crippen molar-refractivity contribution in [3.05, 3.63) is 18.2 Å². The molecule has 0 saturated carbocycles. The van der Waals surface area contributed by atoms with E-state index in [1.165, 1.54) is 7.11 Å². The summed E-state index contributed by atoms with van der Waals surface area (Å²) in [4.78, 5) is 3.86. The van der Waals surface area contributed by atoms with Crippen molar-refractivity contribution in [2.75, 3.05) is 18.1 Å². The van der Waals surface area contributed by atoms with Gasteiger partial charge in [0, 0.05) is 6.07 Å². The van der Waals surface area contributed by atoms with E-state index in [1.807, 2.05) is 0 Å². The molecule has 0 spiro atoms. The Morgan fingerprint density at radius 1 is 1.46 bits per heavy atom. The van der Waals surface area contributed by atoms with Gasteiger partial charge < -0.3 is 4.74 Å². The van der Waals surface area contributed by atoms with Gasteiger partial charge in [-0.1, -0.05) is 6.07 Å². The molecule has 1 N–H and O–H groups in total. The molecule has 0 fully saturated rings. The monoisotopic (exact) mass is 202 g/mol. The molecular weight excluding hydrogens is 192 g/mol. The summed E-state index contributed by atoms with van der Waals surface area (Å²) in [5, 5.41) is 0. The maximum Gasteiger partial charge on any atom is 0.230 e. The molecule has 0 aliphatic carbocycles. The number of anilines is 1. The number of sulfonamides is 1. The van der Waals surface area contributed by atoms with Gasteiger partial charge in [0.15, 0.2) is 0 Å². The van der Waals surface area contributed by atoms with Crippen molar-refractivity contribution in [3.8, 4) is 5.88 Å². The summed E-state index contributed by atoms with van der Waals surface area (Å²) in [7, 11) is -1.81. The van der Waals surface area contributed by atoms with Crippen LogP contribution in [-0.2, 0) is 10.0 Å². The van der Waals surface area contributed by atoms with Crippen molar-refractivity contribution in [1.82, 2.24) is 4.98 Å². The number of aromatic nitrogens is 1. The van der Waals surface area contributed by atoms with Crippen LogP contribution in [0.3, 0.4) is 0 Å². The molecule has 0 atom stereocenters. The van der Waals surface area contributed by atoms with Gasteiger partial charge in [-0.2, -0.15) is 4.98 Å². The highest BCUT2D eigenvalue weighted by Gasteiger charge is 2.03. The van der Waals surface area contributed by atoms with Crippen molar-refractivity contribution in [2.24, 2.45) is 0 Å². The average molecular weight is 202 g/mol. The van der Waals surface area contributed by atoms with E-state index in [9.17, 15) is 8.42 Å². The van der Waals surface area contributed by atoms with E-state index in [1.54, 1.807) is 18.2 Å². The molecule has 13 heavy (non-hydrogen) atoms. The molecule has 1 aromatic heterocycles. The summed E-state index contributed by atoms with van der Waals surface area (Å²) in [5.74, 6) is 0.621. The quantitative estimate of drug-likeness (QED) is 0.773. The van der Waals surface area contributed by atoms with Crippen molar-refractivity contribution in [1.29, 1.82) is 0 Å². The first-order valence-electron chi connectivity index (χ1n) is 3.50. The lowest BCUT2D eigenvalue weighted by Crippen LogP contribution is -2.10. The number of nitrogens with one attached hydrogen (secondary N) is 1. The largest absolute Gasteiger partial charge is 0.481 e. The van der Waals surface area contributed by atoms with Gasteiger partial charge in [0.25, 0.3) is 0 Å². The van der Waals surface area contributed by atoms with Crippen LogP contribution in [-0.4, -0.2) is 26.8 Å². The lowest BCUT2D eigenvalue weighted by Gasteiger charge is -2.03. The Balaban J connectivity index is 2.90. The maximum atomic E-state index is 10.8. The molecule has 0 amide bonds. The molecule has 0 saturated heterocycles. The zero-order chi connectivity index (χ0) is 9.90. The molecule has 0 aromatic carbocycles. The Morgan fingerprint density at radius 3 is 2.69 bits per heavy atom. The van der Waals surface area contributed by atoms with Crippen LogP contribution in [0.25, 0.3) is 0 Å². The summed E-state index contributed by atoms with van der Waals surface area (Å²) >= 11 is 0. The van der Waals surface area contributed by atoms with Crippen LogP contribution in [0.15, 0.2) is 18.2 Å². The van der Waals surface area contributed by atoms with Crippen LogP contribution in [0.4, 0.5) is 5.82 Å². The molecule has 0 aliphatic heterocycles. The van der Waals surface area contributed by atoms with E-state index >= 15 is 0 Å². The molecule has 1 rings (SSSR count). The second-order valence-corrected chi connectivity index (χ2v) is 4.19. The Labute approximate surface area is 76.8 Å². The predicted molar refractivity (Wildman–Crippen MR) is 49.3 cm³/mol. The van der Waals surface area contributed by atoms with Gasteiger partial charge in [-0.3, -0.25) is 4.72 Å². The fraction of sp³-hybridized carbons (Fsp3) is 0.286. The van der Waals surface area contributed by atoms with E-state index in [0.717, 1.165) is 6.26 Å². The fourth-order valence-electron chi connectivity index (χ4n) is 0.775. The third-order valence-electron chi connectivity index (χ3n) is 1.22. The first-order chi connectivity index (χ1) is 6.01. The van der Waals surface area contributed by atoms with E-state index in [2.05, 4.69) is 9.71 Å². The van der Waals surface area contributed by atoms with Crippen LogP contribution in [0.1, 0.15) is 0 Å². The van der Waals surface area contributed by atoms with E-state index in [-0.39, 0.29) is 5.82 Å². The normalized spacial score (nSPS) is 10.9. The first-order valence-corrected chi connectivity index (χ1v) is 5.39. The molecule has 5 nitrogen and oxygen atoms in total. The van der Waals surface area contributed by atoms with Gasteiger partial charge in [0.05, 0.1) is 13.4 Å². The molecule has 72 valence electrons. The Bertz CT molecular complexity index is 388. The number of nitrogens with zero attached hydrogens (tertiary/aromatic N) is 1. The number of ether oxygens (including phenoxy) is 1. The minimum absolute atomic E-state index is 0.252. The van der Waals surface area contributed by atoms with Crippen LogP contribution >= 0.6 is 0 Å². The molecule has 6 heteroatoms. The van der Waals surface area contributed by atoms with Gasteiger partial charge in [-0.05, 0) is 6.07 Å². The van der Waals surface area contributed by atoms with Crippen LogP contribution in [0, 0.1) is 0 Å². The summed E-state index contributed by atoms with van der Waals surface area (Å²) in [5.41, 5.74) is 0. The van der Waals surface area contributed by atoms with E-state index < -0.39 is 10.0 Å². The van der Waals surface area contributed by atoms with Gasteiger partial charge in [-0.15, -0.1) is 0 Å². The topological polar surface area (TPSA) is 68.3 Å². The zero-order valence-electron chi connectivity index (χ0n) is 7.31. The highest BCUT2D eigenvalue weighted by Crippen LogP contribution is 2.11. The molecule has 1 heterocycles. The van der Waals surface area contributed by atoms with Gasteiger partial charge in [0.2, 0.25) is 15.9 Å². The van der Waals surface area contributed by atoms with Crippen molar-refractivity contribution >= 4 is 15.8 Å². The lowest BCUT2D eigenvalue weighted by molar-refractivity contribution is 0.398. The number of hydrogen-bond acceptors (Lipinski definition) is 4. The summed E-state index contributed by atoms with van der Waals surface area (Å²) in [6, 6.07) is 4.83. The van der Waals surface area contributed by atoms with Crippen LogP contribution in [0.2, 0.25) is 0 Å². The zero-order valence-corrected chi connectivity index (χ0v) is 8.13. The van der Waals surface area contributed by atoms with Gasteiger partial charge in [-0.25, -0.2) is 8.42 Å². The van der Waals surface area contributed by atoms with Gasteiger partial charge in [0.1, 0.15) is 5.82 Å². The van der Waals surface area contributed by atoms with Crippen LogP contribution in [0.5, 0.6) is 5.88 Å². The smallest absolute Gasteiger partial charge is 0.230 e. The Hall–Kier alpha value is -1.30. The summed E-state index contributed by atoms with van der Waals surface area (Å²) in [6.45, 7) is 0. The highest BCUT2D eigenvalue weighted by molar-refractivity contribution is 7.92. The maximum absolute atomic E-state index is 10.8. The van der Waals surface area contributed by atoms with Crippen molar-refractivity contribution < 1.29 is 13.2 Å². The minimum atomic E-state index is -3.27. The predicted octanol–water partition coefficient (Wildman–Crippen LogP) is 0.462. The molecular formula is C7H10N2O3S. The second-order valence-electron chi connectivity index (χ2n) is 2.44.